The Hall–Kier alpha value is -3.68. The van der Waals surface area contributed by atoms with Crippen LogP contribution < -0.4 is 5.32 Å². The lowest BCUT2D eigenvalue weighted by Crippen LogP contribution is -2.47. The summed E-state index contributed by atoms with van der Waals surface area (Å²) in [6, 6.07) is 18.7. The molecule has 1 aliphatic rings. The fourth-order valence-electron chi connectivity index (χ4n) is 3.63. The van der Waals surface area contributed by atoms with E-state index in [2.05, 4.69) is 5.32 Å². The lowest BCUT2D eigenvalue weighted by Gasteiger charge is -2.24. The van der Waals surface area contributed by atoms with E-state index in [0.717, 1.165) is 10.5 Å². The summed E-state index contributed by atoms with van der Waals surface area (Å²) in [6.45, 7) is -0.643. The molecule has 1 aliphatic heterocycles. The first-order valence-corrected chi connectivity index (χ1v) is 11.0. The van der Waals surface area contributed by atoms with Crippen LogP contribution >= 0.6 is 23.2 Å². The Morgan fingerprint density at radius 1 is 0.853 bits per heavy atom. The van der Waals surface area contributed by atoms with Gasteiger partial charge in [0.15, 0.2) is 6.61 Å². The number of hydrogen-bond donors (Lipinski definition) is 1. The number of esters is 1. The molecule has 3 aromatic rings. The second-order valence-corrected chi connectivity index (χ2v) is 8.27. The van der Waals surface area contributed by atoms with Crippen molar-refractivity contribution in [3.63, 3.8) is 0 Å². The number of carbonyl (C=O) groups excluding carboxylic acids is 4. The minimum absolute atomic E-state index is 0.0346. The molecule has 4 rings (SSSR count). The first-order valence-electron chi connectivity index (χ1n) is 10.3. The molecule has 0 bridgehead atoms. The first kappa shape index (κ1) is 23.5. The van der Waals surface area contributed by atoms with Crippen molar-refractivity contribution in [2.75, 3.05) is 11.9 Å². The van der Waals surface area contributed by atoms with Crippen molar-refractivity contribution < 1.29 is 23.9 Å². The van der Waals surface area contributed by atoms with Crippen molar-refractivity contribution >= 4 is 52.6 Å². The van der Waals surface area contributed by atoms with E-state index >= 15 is 0 Å². The molecule has 1 atom stereocenters. The zero-order chi connectivity index (χ0) is 24.2. The third-order valence-electron chi connectivity index (χ3n) is 5.25. The number of imide groups is 1. The maximum Gasteiger partial charge on any atom is 0.330 e. The number of ether oxygens (including phenoxy) is 1. The molecule has 1 N–H and O–H groups in total. The zero-order valence-corrected chi connectivity index (χ0v) is 19.2. The normalized spacial score (nSPS) is 13.4. The van der Waals surface area contributed by atoms with Crippen molar-refractivity contribution in [2.24, 2.45) is 0 Å². The second-order valence-electron chi connectivity index (χ2n) is 7.49. The van der Waals surface area contributed by atoms with Crippen molar-refractivity contribution in [2.45, 2.75) is 12.5 Å². The molecule has 172 valence electrons. The van der Waals surface area contributed by atoms with Crippen LogP contribution in [0.1, 0.15) is 26.3 Å². The molecule has 1 heterocycles. The fourth-order valence-corrected chi connectivity index (χ4v) is 3.98. The number of nitrogens with zero attached hydrogens (tertiary/aromatic N) is 1. The topological polar surface area (TPSA) is 92.8 Å². The van der Waals surface area contributed by atoms with Gasteiger partial charge in [0.25, 0.3) is 17.7 Å². The third-order valence-corrected chi connectivity index (χ3v) is 6.07. The van der Waals surface area contributed by atoms with E-state index < -0.39 is 36.3 Å². The molecule has 34 heavy (non-hydrogen) atoms. The van der Waals surface area contributed by atoms with Crippen LogP contribution in [0.25, 0.3) is 0 Å². The molecule has 0 fully saturated rings. The van der Waals surface area contributed by atoms with Crippen LogP contribution in [0.15, 0.2) is 72.8 Å². The van der Waals surface area contributed by atoms with Gasteiger partial charge in [-0.1, -0.05) is 71.7 Å². The van der Waals surface area contributed by atoms with Crippen LogP contribution in [-0.2, 0) is 20.7 Å². The third kappa shape index (κ3) is 4.81. The van der Waals surface area contributed by atoms with E-state index in [1.807, 2.05) is 6.07 Å². The van der Waals surface area contributed by atoms with E-state index in [1.54, 1.807) is 54.6 Å². The second kappa shape index (κ2) is 10.1. The molecule has 3 aromatic carbocycles. The molecule has 0 aliphatic carbocycles. The average molecular weight is 497 g/mol. The Bertz CT molecular complexity index is 1240. The summed E-state index contributed by atoms with van der Waals surface area (Å²) in [5, 5.41) is 2.92. The molecule has 0 aromatic heterocycles. The van der Waals surface area contributed by atoms with E-state index in [-0.39, 0.29) is 33.3 Å². The number of anilines is 1. The summed E-state index contributed by atoms with van der Waals surface area (Å²) in [6.07, 6.45) is 0.0346. The quantitative estimate of drug-likeness (QED) is 0.386. The van der Waals surface area contributed by atoms with E-state index in [1.165, 1.54) is 12.1 Å². The summed E-state index contributed by atoms with van der Waals surface area (Å²) in [5.74, 6) is -2.72. The van der Waals surface area contributed by atoms with Gasteiger partial charge in [0, 0.05) is 6.42 Å². The van der Waals surface area contributed by atoms with Gasteiger partial charge in [-0.15, -0.1) is 0 Å². The number of nitrogens with one attached hydrogen (secondary N) is 1. The van der Waals surface area contributed by atoms with Crippen molar-refractivity contribution in [3.8, 4) is 0 Å². The smallest absolute Gasteiger partial charge is 0.330 e. The Morgan fingerprint density at radius 2 is 1.47 bits per heavy atom. The summed E-state index contributed by atoms with van der Waals surface area (Å²) >= 11 is 12.0. The van der Waals surface area contributed by atoms with Gasteiger partial charge in [-0.2, -0.15) is 0 Å². The van der Waals surface area contributed by atoms with Crippen LogP contribution in [0, 0.1) is 0 Å². The molecule has 0 radical (unpaired) electrons. The van der Waals surface area contributed by atoms with Gasteiger partial charge >= 0.3 is 5.97 Å². The predicted molar refractivity (Wildman–Crippen MR) is 127 cm³/mol. The molecular weight excluding hydrogens is 479 g/mol. The number of rotatable bonds is 7. The molecule has 3 amide bonds. The van der Waals surface area contributed by atoms with E-state index in [9.17, 15) is 19.2 Å². The number of fused-ring (bicyclic) bond motifs is 1. The lowest BCUT2D eigenvalue weighted by atomic mass is 10.0. The largest absolute Gasteiger partial charge is 0.454 e. The van der Waals surface area contributed by atoms with Gasteiger partial charge < -0.3 is 10.1 Å². The number of benzene rings is 3. The van der Waals surface area contributed by atoms with E-state index in [0.29, 0.717) is 0 Å². The minimum atomic E-state index is -1.25. The van der Waals surface area contributed by atoms with Gasteiger partial charge in [0.1, 0.15) is 6.04 Å². The van der Waals surface area contributed by atoms with Crippen molar-refractivity contribution in [3.05, 3.63) is 99.5 Å². The SMILES string of the molecule is O=C(COC(=O)[C@H](Cc1ccccc1)N1C(=O)c2ccccc2C1=O)Nc1cccc(Cl)c1Cl. The van der Waals surface area contributed by atoms with Crippen molar-refractivity contribution in [1.29, 1.82) is 0 Å². The molecule has 0 unspecified atom stereocenters. The standard InChI is InChI=1S/C25H18Cl2N2O5/c26-18-11-6-12-19(22(18)27)28-21(30)14-34-25(33)20(13-15-7-2-1-3-8-15)29-23(31)16-9-4-5-10-17(16)24(29)32/h1-12,20H,13-14H2,(H,28,30)/t20-/m0/s1. The van der Waals surface area contributed by atoms with E-state index in [4.69, 9.17) is 27.9 Å². The highest BCUT2D eigenvalue weighted by Gasteiger charge is 2.43. The number of halogens is 2. The summed E-state index contributed by atoms with van der Waals surface area (Å²) in [7, 11) is 0. The molecule has 9 heteroatoms. The predicted octanol–water partition coefficient (Wildman–Crippen LogP) is 4.38. The number of amides is 3. The van der Waals surface area contributed by atoms with Crippen LogP contribution in [0.5, 0.6) is 0 Å². The van der Waals surface area contributed by atoms with Gasteiger partial charge in [-0.05, 0) is 29.8 Å². The molecule has 0 saturated heterocycles. The van der Waals surface area contributed by atoms with Crippen molar-refractivity contribution in [1.82, 2.24) is 4.90 Å². The highest BCUT2D eigenvalue weighted by Crippen LogP contribution is 2.29. The number of carbonyl (C=O) groups is 4. The average Bonchev–Trinajstić information content (AvgIpc) is 3.09. The Labute approximate surface area is 205 Å². The number of hydrogen-bond acceptors (Lipinski definition) is 5. The van der Waals surface area contributed by atoms with Gasteiger partial charge in [0.05, 0.1) is 26.9 Å². The highest BCUT2D eigenvalue weighted by molar-refractivity contribution is 6.44. The van der Waals surface area contributed by atoms with Crippen LogP contribution in [0.4, 0.5) is 5.69 Å². The molecular formula is C25H18Cl2N2O5. The summed E-state index contributed by atoms with van der Waals surface area (Å²) in [5.41, 5.74) is 1.41. The van der Waals surface area contributed by atoms with Gasteiger partial charge in [-0.3, -0.25) is 19.3 Å². The van der Waals surface area contributed by atoms with Gasteiger partial charge in [0.2, 0.25) is 0 Å². The maximum atomic E-state index is 13.1. The Balaban J connectivity index is 1.52. The fraction of sp³-hybridized carbons (Fsp3) is 0.120. The Kier molecular flexibility index (Phi) is 6.95. The lowest BCUT2D eigenvalue weighted by molar-refractivity contribution is -0.151. The monoisotopic (exact) mass is 496 g/mol. The minimum Gasteiger partial charge on any atom is -0.454 e. The van der Waals surface area contributed by atoms with Crippen LogP contribution in [0.2, 0.25) is 10.0 Å². The zero-order valence-electron chi connectivity index (χ0n) is 17.7. The molecule has 7 nitrogen and oxygen atoms in total. The maximum absolute atomic E-state index is 13.1. The molecule has 0 spiro atoms. The highest BCUT2D eigenvalue weighted by atomic mass is 35.5. The first-order chi connectivity index (χ1) is 16.4. The molecule has 0 saturated carbocycles. The van der Waals surface area contributed by atoms with Gasteiger partial charge in [-0.25, -0.2) is 4.79 Å². The summed E-state index contributed by atoms with van der Waals surface area (Å²) < 4.78 is 5.22. The van der Waals surface area contributed by atoms with Crippen LogP contribution in [0.3, 0.4) is 0 Å². The van der Waals surface area contributed by atoms with Crippen LogP contribution in [-0.4, -0.2) is 41.2 Å². The summed E-state index contributed by atoms with van der Waals surface area (Å²) in [4.78, 5) is 52.3. The Morgan fingerprint density at radius 3 is 2.12 bits per heavy atom.